The Morgan fingerprint density at radius 1 is 1.22 bits per heavy atom. The van der Waals surface area contributed by atoms with Crippen molar-refractivity contribution in [2.45, 2.75) is 46.0 Å². The Hall–Kier alpha value is -1.10. The summed E-state index contributed by atoms with van der Waals surface area (Å²) in [6.07, 6.45) is 2.79. The molecule has 18 heavy (non-hydrogen) atoms. The molecule has 0 spiro atoms. The van der Waals surface area contributed by atoms with Crippen LogP contribution in [0.5, 0.6) is 0 Å². The zero-order valence-electron chi connectivity index (χ0n) is 11.2. The van der Waals surface area contributed by atoms with Crippen LogP contribution < -0.4 is 0 Å². The fourth-order valence-electron chi connectivity index (χ4n) is 1.81. The molecule has 1 rings (SSSR count). The van der Waals surface area contributed by atoms with E-state index in [-0.39, 0.29) is 10.9 Å². The Labute approximate surface area is 113 Å². The van der Waals surface area contributed by atoms with Gasteiger partial charge in [0.1, 0.15) is 11.6 Å². The number of ketones is 1. The van der Waals surface area contributed by atoms with Crippen LogP contribution >= 0.6 is 12.6 Å². The molecular weight excluding hydrogens is 248 g/mol. The van der Waals surface area contributed by atoms with Gasteiger partial charge in [-0.25, -0.2) is 4.98 Å². The Bertz CT molecular complexity index is 452. The smallest absolute Gasteiger partial charge is 0.185 e. The van der Waals surface area contributed by atoms with Crippen molar-refractivity contribution in [3.05, 3.63) is 17.2 Å². The van der Waals surface area contributed by atoms with Crippen molar-refractivity contribution in [1.29, 1.82) is 0 Å². The number of Topliss-reactive ketones (excluding diaryl/α,β-unsaturated/α-hetero) is 1. The highest BCUT2D eigenvalue weighted by Gasteiger charge is 2.11. The minimum Gasteiger partial charge on any atom is -0.335 e. The Balaban J connectivity index is 2.40. The number of imidazole rings is 1. The molecule has 0 fully saturated rings. The van der Waals surface area contributed by atoms with Gasteiger partial charge in [-0.1, -0.05) is 0 Å². The predicted molar refractivity (Wildman–Crippen MR) is 73.9 cm³/mol. The van der Waals surface area contributed by atoms with E-state index in [1.807, 2.05) is 25.5 Å². The zero-order chi connectivity index (χ0) is 13.7. The SMILES string of the molecule is Cc1nc(CC(=O)CCCCC(=O)S)n(C)c1C. The number of hydrogen-bond donors (Lipinski definition) is 1. The monoisotopic (exact) mass is 268 g/mol. The first-order valence-electron chi connectivity index (χ1n) is 6.14. The fraction of sp³-hybridized carbons (Fsp3) is 0.615. The van der Waals surface area contributed by atoms with Crippen molar-refractivity contribution in [2.24, 2.45) is 7.05 Å². The number of carbonyl (C=O) groups is 2. The number of rotatable bonds is 7. The van der Waals surface area contributed by atoms with E-state index >= 15 is 0 Å². The van der Waals surface area contributed by atoms with E-state index in [1.54, 1.807) is 0 Å². The number of aromatic nitrogens is 2. The predicted octanol–water partition coefficient (Wildman–Crippen LogP) is 2.17. The molecule has 0 radical (unpaired) electrons. The van der Waals surface area contributed by atoms with Crippen molar-refractivity contribution < 1.29 is 9.59 Å². The first kappa shape index (κ1) is 15.0. The van der Waals surface area contributed by atoms with E-state index in [0.717, 1.165) is 30.1 Å². The van der Waals surface area contributed by atoms with E-state index in [2.05, 4.69) is 17.6 Å². The minimum absolute atomic E-state index is 0.113. The molecule has 0 bridgehead atoms. The highest BCUT2D eigenvalue weighted by molar-refractivity contribution is 7.96. The summed E-state index contributed by atoms with van der Waals surface area (Å²) in [5.41, 5.74) is 2.07. The summed E-state index contributed by atoms with van der Waals surface area (Å²) in [6.45, 7) is 3.94. The number of carbonyl (C=O) groups excluding carboxylic acids is 2. The standard InChI is InChI=1S/C13H20N2O2S/c1-9-10(2)15(3)12(14-9)8-11(16)6-4-5-7-13(17)18/h4-8H2,1-3H3,(H,17,18). The van der Waals surface area contributed by atoms with E-state index in [4.69, 9.17) is 0 Å². The molecule has 0 aromatic carbocycles. The molecule has 0 amide bonds. The fourth-order valence-corrected chi connectivity index (χ4v) is 1.97. The van der Waals surface area contributed by atoms with Gasteiger partial charge in [0.25, 0.3) is 0 Å². The summed E-state index contributed by atoms with van der Waals surface area (Å²) >= 11 is 3.69. The van der Waals surface area contributed by atoms with Gasteiger partial charge in [0.05, 0.1) is 12.1 Å². The Morgan fingerprint density at radius 3 is 2.33 bits per heavy atom. The molecule has 0 aliphatic heterocycles. The maximum Gasteiger partial charge on any atom is 0.185 e. The molecule has 0 aliphatic carbocycles. The molecule has 0 saturated carbocycles. The van der Waals surface area contributed by atoms with Crippen molar-refractivity contribution in [3.63, 3.8) is 0 Å². The quantitative estimate of drug-likeness (QED) is 0.609. The van der Waals surface area contributed by atoms with Crippen molar-refractivity contribution in [3.8, 4) is 0 Å². The van der Waals surface area contributed by atoms with Crippen LogP contribution in [0.15, 0.2) is 0 Å². The molecule has 5 heteroatoms. The molecule has 1 aromatic rings. The lowest BCUT2D eigenvalue weighted by Gasteiger charge is -2.02. The third kappa shape index (κ3) is 4.29. The number of hydrogen-bond acceptors (Lipinski definition) is 3. The van der Waals surface area contributed by atoms with Gasteiger partial charge in [-0.2, -0.15) is 0 Å². The van der Waals surface area contributed by atoms with Crippen molar-refractivity contribution in [2.75, 3.05) is 0 Å². The molecule has 0 atom stereocenters. The number of unbranched alkanes of at least 4 members (excludes halogenated alkanes) is 1. The van der Waals surface area contributed by atoms with Crippen LogP contribution in [0.4, 0.5) is 0 Å². The lowest BCUT2D eigenvalue weighted by molar-refractivity contribution is -0.119. The second-order valence-corrected chi connectivity index (χ2v) is 5.07. The van der Waals surface area contributed by atoms with Crippen LogP contribution in [0.3, 0.4) is 0 Å². The van der Waals surface area contributed by atoms with Gasteiger partial charge in [0, 0.05) is 25.6 Å². The van der Waals surface area contributed by atoms with Gasteiger partial charge in [-0.15, -0.1) is 12.6 Å². The summed E-state index contributed by atoms with van der Waals surface area (Å²) < 4.78 is 1.96. The molecule has 0 N–H and O–H groups in total. The Morgan fingerprint density at radius 2 is 1.83 bits per heavy atom. The van der Waals surface area contributed by atoms with Crippen LogP contribution in [0, 0.1) is 13.8 Å². The van der Waals surface area contributed by atoms with Gasteiger partial charge in [0.2, 0.25) is 0 Å². The van der Waals surface area contributed by atoms with Gasteiger partial charge < -0.3 is 4.57 Å². The Kier molecular flexibility index (Phi) is 5.59. The normalized spacial score (nSPS) is 10.7. The largest absolute Gasteiger partial charge is 0.335 e. The molecule has 0 saturated heterocycles. The summed E-state index contributed by atoms with van der Waals surface area (Å²) in [7, 11) is 1.93. The first-order valence-corrected chi connectivity index (χ1v) is 6.58. The van der Waals surface area contributed by atoms with Gasteiger partial charge in [0.15, 0.2) is 5.12 Å². The van der Waals surface area contributed by atoms with Crippen molar-refractivity contribution >= 4 is 23.5 Å². The topological polar surface area (TPSA) is 52.0 Å². The average molecular weight is 268 g/mol. The molecule has 0 aliphatic rings. The highest BCUT2D eigenvalue weighted by Crippen LogP contribution is 2.10. The molecule has 0 unspecified atom stereocenters. The second kappa shape index (κ2) is 6.73. The molecule has 1 heterocycles. The summed E-state index contributed by atoms with van der Waals surface area (Å²) in [5, 5.41) is -0.113. The second-order valence-electron chi connectivity index (χ2n) is 4.57. The third-order valence-electron chi connectivity index (χ3n) is 3.16. The summed E-state index contributed by atoms with van der Waals surface area (Å²) in [4.78, 5) is 26.8. The van der Waals surface area contributed by atoms with Crippen LogP contribution in [0.25, 0.3) is 0 Å². The van der Waals surface area contributed by atoms with Crippen LogP contribution in [0.1, 0.15) is 42.9 Å². The lowest BCUT2D eigenvalue weighted by Crippen LogP contribution is -2.08. The van der Waals surface area contributed by atoms with E-state index < -0.39 is 0 Å². The maximum atomic E-state index is 11.8. The lowest BCUT2D eigenvalue weighted by atomic mass is 10.1. The van der Waals surface area contributed by atoms with Crippen LogP contribution in [0.2, 0.25) is 0 Å². The van der Waals surface area contributed by atoms with Gasteiger partial charge in [-0.3, -0.25) is 9.59 Å². The summed E-state index contributed by atoms with van der Waals surface area (Å²) in [6, 6.07) is 0. The van der Waals surface area contributed by atoms with Crippen molar-refractivity contribution in [1.82, 2.24) is 9.55 Å². The van der Waals surface area contributed by atoms with E-state index in [0.29, 0.717) is 19.3 Å². The highest BCUT2D eigenvalue weighted by atomic mass is 32.1. The molecule has 100 valence electrons. The number of thiol groups is 1. The third-order valence-corrected chi connectivity index (χ3v) is 3.39. The maximum absolute atomic E-state index is 11.8. The van der Waals surface area contributed by atoms with Crippen LogP contribution in [-0.2, 0) is 23.1 Å². The zero-order valence-corrected chi connectivity index (χ0v) is 12.1. The van der Waals surface area contributed by atoms with Gasteiger partial charge >= 0.3 is 0 Å². The number of nitrogens with zero attached hydrogens (tertiary/aromatic N) is 2. The summed E-state index contributed by atoms with van der Waals surface area (Å²) in [5.74, 6) is 0.995. The molecule has 1 aromatic heterocycles. The minimum atomic E-state index is -0.113. The van der Waals surface area contributed by atoms with Gasteiger partial charge in [-0.05, 0) is 26.7 Å². The van der Waals surface area contributed by atoms with Crippen LogP contribution in [-0.4, -0.2) is 20.4 Å². The first-order chi connectivity index (χ1) is 8.41. The number of aryl methyl sites for hydroxylation is 1. The molecule has 4 nitrogen and oxygen atoms in total. The molecular formula is C13H20N2O2S. The van der Waals surface area contributed by atoms with E-state index in [1.165, 1.54) is 0 Å². The van der Waals surface area contributed by atoms with E-state index in [9.17, 15) is 9.59 Å². The average Bonchev–Trinajstić information content (AvgIpc) is 2.52.